The number of β-lactam (4-membered cyclic amide) rings is 1. The van der Waals surface area contributed by atoms with Gasteiger partial charge in [-0.1, -0.05) is 16.4 Å². The summed E-state index contributed by atoms with van der Waals surface area (Å²) in [4.78, 5) is 51.2. The summed E-state index contributed by atoms with van der Waals surface area (Å²) in [5, 5.41) is 31.6. The number of carbonyl (C=O) groups excluding carboxylic acids is 2. The number of carboxylic acid groups (broad SMARTS) is 1. The molecule has 5 rings (SSSR count). The van der Waals surface area contributed by atoms with Crippen LogP contribution in [0.1, 0.15) is 47.6 Å². The number of allylic oxidation sites excluding steroid dienone is 1. The van der Waals surface area contributed by atoms with E-state index in [1.54, 1.807) is 5.38 Å². The van der Waals surface area contributed by atoms with Gasteiger partial charge in [-0.3, -0.25) is 19.5 Å². The van der Waals surface area contributed by atoms with Crippen LogP contribution < -0.4 is 46.1 Å². The normalized spacial score (nSPS) is 21.8. The molecule has 0 spiro atoms. The maximum Gasteiger partial charge on any atom is 1.00 e. The van der Waals surface area contributed by atoms with Crippen molar-refractivity contribution in [2.45, 2.75) is 43.2 Å². The van der Waals surface area contributed by atoms with Gasteiger partial charge in [0.05, 0.1) is 0 Å². The standard InChI is InChI=1S/C23H23N7O7S2.Na/c24-18(31)13-7-12(37-28-13)6-5-10-8-38-21-16(20(33)30(21)17(10)22(34)35)27-19(32)15(14-9-39-23(25)26-14)29-36-11-3-1-2-4-11;/h5-7,9,11,16,21H,1-4,8H2,(H2,24,31)(H2,25,26)(H,27,32)(H,34,35);/q;+1/p-1/b6-5+,29-15-;. The summed E-state index contributed by atoms with van der Waals surface area (Å²) in [5.74, 6) is -3.16. The van der Waals surface area contributed by atoms with Crippen LogP contribution in [0.5, 0.6) is 0 Å². The Morgan fingerprint density at radius 3 is 2.65 bits per heavy atom. The van der Waals surface area contributed by atoms with Crippen molar-refractivity contribution in [3.05, 3.63) is 45.9 Å². The van der Waals surface area contributed by atoms with Crippen molar-refractivity contribution in [3.63, 3.8) is 0 Å². The molecule has 2 amide bonds. The van der Waals surface area contributed by atoms with Crippen LogP contribution in [0, 0.1) is 0 Å². The van der Waals surface area contributed by atoms with E-state index in [0.29, 0.717) is 5.57 Å². The third-order valence-electron chi connectivity index (χ3n) is 6.22. The van der Waals surface area contributed by atoms with E-state index in [-0.39, 0.29) is 75.1 Å². The van der Waals surface area contributed by atoms with Gasteiger partial charge in [-0.15, -0.1) is 23.1 Å². The fraction of sp³-hybridized carbons (Fsp3) is 0.348. The van der Waals surface area contributed by atoms with Gasteiger partial charge in [0.1, 0.15) is 28.6 Å². The summed E-state index contributed by atoms with van der Waals surface area (Å²) in [6.45, 7) is 0. The average Bonchev–Trinajstić information content (AvgIpc) is 3.68. The molecule has 17 heteroatoms. The summed E-state index contributed by atoms with van der Waals surface area (Å²) in [6.07, 6.45) is 6.41. The molecule has 2 fully saturated rings. The molecule has 204 valence electrons. The van der Waals surface area contributed by atoms with Crippen molar-refractivity contribution in [3.8, 4) is 0 Å². The van der Waals surface area contributed by atoms with Crippen LogP contribution in [0.2, 0.25) is 0 Å². The molecule has 2 atom stereocenters. The Balaban J connectivity index is 0.00000370. The number of hydrogen-bond acceptors (Lipinski definition) is 13. The quantitative estimate of drug-likeness (QED) is 0.0909. The summed E-state index contributed by atoms with van der Waals surface area (Å²) in [6, 6.07) is 0.196. The van der Waals surface area contributed by atoms with Gasteiger partial charge in [-0.2, -0.15) is 0 Å². The number of amides is 2. The van der Waals surface area contributed by atoms with Crippen LogP contribution in [0.15, 0.2) is 43.5 Å². The Morgan fingerprint density at radius 1 is 1.27 bits per heavy atom. The van der Waals surface area contributed by atoms with Crippen LogP contribution in [0.25, 0.3) is 6.08 Å². The second-order valence-electron chi connectivity index (χ2n) is 8.80. The van der Waals surface area contributed by atoms with E-state index >= 15 is 0 Å². The Bertz CT molecular complexity index is 1440. The second kappa shape index (κ2) is 12.6. The second-order valence-corrected chi connectivity index (χ2v) is 10.8. The van der Waals surface area contributed by atoms with Crippen LogP contribution in [-0.4, -0.2) is 72.8 Å². The fourth-order valence-corrected chi connectivity index (χ4v) is 6.15. The van der Waals surface area contributed by atoms with Crippen LogP contribution in [0.3, 0.4) is 0 Å². The number of hydrogen-bond donors (Lipinski definition) is 3. The van der Waals surface area contributed by atoms with Crippen LogP contribution in [0.4, 0.5) is 5.13 Å². The minimum Gasteiger partial charge on any atom is -0.857 e. The number of carboxylic acids is 1. The van der Waals surface area contributed by atoms with E-state index in [0.717, 1.165) is 41.9 Å². The van der Waals surface area contributed by atoms with Gasteiger partial charge >= 0.3 is 35.5 Å². The number of carbonyl (C=O) groups is 3. The van der Waals surface area contributed by atoms with E-state index in [4.69, 9.17) is 20.8 Å². The Kier molecular flexibility index (Phi) is 9.35. The molecule has 14 nitrogen and oxygen atoms in total. The molecule has 0 aromatic carbocycles. The van der Waals surface area contributed by atoms with Crippen molar-refractivity contribution in [2.75, 3.05) is 11.5 Å². The molecule has 40 heavy (non-hydrogen) atoms. The molecule has 4 heterocycles. The van der Waals surface area contributed by atoms with E-state index < -0.39 is 35.1 Å². The van der Waals surface area contributed by atoms with Gasteiger partial charge in [-0.05, 0) is 37.3 Å². The molecule has 2 aromatic heterocycles. The van der Waals surface area contributed by atoms with Crippen molar-refractivity contribution < 1.29 is 63.5 Å². The number of primary amides is 1. The zero-order valence-electron chi connectivity index (χ0n) is 21.2. The number of aliphatic imine (C=N–C) groups is 1. The molecule has 0 bridgehead atoms. The largest absolute Gasteiger partial charge is 1.00 e. The van der Waals surface area contributed by atoms with Crippen molar-refractivity contribution >= 4 is 63.7 Å². The number of anilines is 1. The smallest absolute Gasteiger partial charge is 0.857 e. The molecule has 0 radical (unpaired) electrons. The van der Waals surface area contributed by atoms with Gasteiger partial charge in [0, 0.05) is 23.1 Å². The van der Waals surface area contributed by atoms with Crippen molar-refractivity contribution in [2.24, 2.45) is 15.9 Å². The minimum absolute atomic E-state index is 0. The van der Waals surface area contributed by atoms with Gasteiger partial charge in [-0.25, -0.2) is 9.78 Å². The molecular formula is C23H22N7NaO7S2. The van der Waals surface area contributed by atoms with Gasteiger partial charge in [0.25, 0.3) is 11.8 Å². The molecule has 2 aliphatic heterocycles. The predicted molar refractivity (Wildman–Crippen MR) is 139 cm³/mol. The number of nitrogens with two attached hydrogens (primary N) is 2. The van der Waals surface area contributed by atoms with Crippen molar-refractivity contribution in [1.82, 2.24) is 15.0 Å². The fourth-order valence-electron chi connectivity index (χ4n) is 4.30. The minimum atomic E-state index is -1.32. The first-order valence-electron chi connectivity index (χ1n) is 11.8. The molecule has 1 saturated carbocycles. The third kappa shape index (κ3) is 6.10. The number of aliphatic carboxylic acids is 1. The number of fused-ring (bicyclic) bond motifs is 1. The SMILES string of the molecule is NC(=O)c1cc(/C=C/C2=C(C(=O)O)N3C(=O)C(N=C([O-])/C(=N\OC4CCCC4)c4csc(N)n4)C3SC2)on1.[Na+]. The number of thioether (sulfide) groups is 1. The van der Waals surface area contributed by atoms with Gasteiger partial charge in [0.15, 0.2) is 22.6 Å². The first-order valence-corrected chi connectivity index (χ1v) is 13.7. The number of thiazole rings is 1. The molecular weight excluding hydrogens is 573 g/mol. The monoisotopic (exact) mass is 595 g/mol. The summed E-state index contributed by atoms with van der Waals surface area (Å²) >= 11 is 2.37. The Morgan fingerprint density at radius 2 is 2.02 bits per heavy atom. The number of nitrogen functional groups attached to an aromatic ring is 1. The third-order valence-corrected chi connectivity index (χ3v) is 8.18. The maximum atomic E-state index is 13.1. The number of oxime groups is 1. The number of aromatic nitrogens is 2. The Labute approximate surface area is 257 Å². The summed E-state index contributed by atoms with van der Waals surface area (Å²) in [5.41, 5.74) is 10.9. The van der Waals surface area contributed by atoms with E-state index in [9.17, 15) is 24.6 Å². The van der Waals surface area contributed by atoms with Crippen LogP contribution in [-0.2, 0) is 14.4 Å². The first-order chi connectivity index (χ1) is 18.7. The van der Waals surface area contributed by atoms with E-state index in [1.807, 2.05) is 0 Å². The van der Waals surface area contributed by atoms with E-state index in [2.05, 4.69) is 20.3 Å². The Hall–Kier alpha value is -3.18. The van der Waals surface area contributed by atoms with Gasteiger partial charge in [0.2, 0.25) is 0 Å². The zero-order chi connectivity index (χ0) is 27.7. The molecule has 1 saturated heterocycles. The topological polar surface area (TPSA) is 223 Å². The van der Waals surface area contributed by atoms with Gasteiger partial charge < -0.3 is 31.0 Å². The zero-order valence-corrected chi connectivity index (χ0v) is 24.8. The number of rotatable bonds is 9. The molecule has 2 unspecified atom stereocenters. The maximum absolute atomic E-state index is 13.1. The summed E-state index contributed by atoms with van der Waals surface area (Å²) in [7, 11) is 0. The summed E-state index contributed by atoms with van der Waals surface area (Å²) < 4.78 is 4.99. The van der Waals surface area contributed by atoms with Crippen molar-refractivity contribution in [1.29, 1.82) is 0 Å². The van der Waals surface area contributed by atoms with E-state index in [1.165, 1.54) is 30.0 Å². The first kappa shape index (κ1) is 29.8. The average molecular weight is 596 g/mol. The number of nitrogens with zero attached hydrogens (tertiary/aromatic N) is 5. The predicted octanol–water partition coefficient (Wildman–Crippen LogP) is -2.43. The molecule has 2 aromatic rings. The molecule has 3 aliphatic rings. The van der Waals surface area contributed by atoms with Crippen LogP contribution >= 0.6 is 23.1 Å². The molecule has 1 aliphatic carbocycles. The molecule has 5 N–H and O–H groups in total.